The van der Waals surface area contributed by atoms with Gasteiger partial charge in [0.05, 0.1) is 10.6 Å². The van der Waals surface area contributed by atoms with E-state index in [9.17, 15) is 4.79 Å². The largest absolute Gasteiger partial charge is 0.480 e. The SMILES string of the molecule is CCCC(Nc1ccc(C#N)c(Cl)c1)C(=O)O. The molecular weight excluding hydrogens is 240 g/mol. The Morgan fingerprint density at radius 1 is 1.65 bits per heavy atom. The number of anilines is 1. The van der Waals surface area contributed by atoms with Crippen LogP contribution < -0.4 is 5.32 Å². The van der Waals surface area contributed by atoms with E-state index in [1.54, 1.807) is 18.2 Å². The summed E-state index contributed by atoms with van der Waals surface area (Å²) in [6.45, 7) is 1.92. The molecule has 0 aliphatic carbocycles. The minimum atomic E-state index is -0.896. The summed E-state index contributed by atoms with van der Waals surface area (Å²) < 4.78 is 0. The van der Waals surface area contributed by atoms with Gasteiger partial charge in [0, 0.05) is 5.69 Å². The summed E-state index contributed by atoms with van der Waals surface area (Å²) in [6.07, 6.45) is 1.31. The lowest BCUT2D eigenvalue weighted by Gasteiger charge is -2.15. The van der Waals surface area contributed by atoms with E-state index in [0.717, 1.165) is 6.42 Å². The van der Waals surface area contributed by atoms with E-state index in [1.807, 2.05) is 13.0 Å². The maximum absolute atomic E-state index is 11.0. The Kier molecular flexibility index (Phi) is 4.80. The van der Waals surface area contributed by atoms with E-state index < -0.39 is 12.0 Å². The molecule has 90 valence electrons. The maximum Gasteiger partial charge on any atom is 0.326 e. The van der Waals surface area contributed by atoms with Gasteiger partial charge < -0.3 is 10.4 Å². The molecule has 1 atom stereocenters. The molecule has 0 saturated carbocycles. The summed E-state index contributed by atoms with van der Waals surface area (Å²) in [4.78, 5) is 11.0. The van der Waals surface area contributed by atoms with Crippen molar-refractivity contribution in [1.82, 2.24) is 0 Å². The van der Waals surface area contributed by atoms with Crippen LogP contribution in [0.4, 0.5) is 5.69 Å². The lowest BCUT2D eigenvalue weighted by atomic mass is 10.1. The molecule has 2 N–H and O–H groups in total. The lowest BCUT2D eigenvalue weighted by Crippen LogP contribution is -2.28. The van der Waals surface area contributed by atoms with E-state index in [-0.39, 0.29) is 0 Å². The highest BCUT2D eigenvalue weighted by Gasteiger charge is 2.16. The van der Waals surface area contributed by atoms with Crippen molar-refractivity contribution in [2.75, 3.05) is 5.32 Å². The normalized spacial score (nSPS) is 11.6. The Morgan fingerprint density at radius 3 is 2.82 bits per heavy atom. The van der Waals surface area contributed by atoms with Crippen molar-refractivity contribution in [1.29, 1.82) is 5.26 Å². The third-order valence-electron chi connectivity index (χ3n) is 2.31. The van der Waals surface area contributed by atoms with Gasteiger partial charge in [0.25, 0.3) is 0 Å². The molecule has 0 aliphatic heterocycles. The fourth-order valence-corrected chi connectivity index (χ4v) is 1.67. The van der Waals surface area contributed by atoms with Crippen LogP contribution in [0.25, 0.3) is 0 Å². The first-order valence-corrected chi connectivity index (χ1v) is 5.65. The molecule has 17 heavy (non-hydrogen) atoms. The molecule has 0 saturated heterocycles. The molecular formula is C12H13ClN2O2. The van der Waals surface area contributed by atoms with Crippen molar-refractivity contribution < 1.29 is 9.90 Å². The molecule has 1 aromatic carbocycles. The first kappa shape index (κ1) is 13.3. The van der Waals surface area contributed by atoms with Crippen molar-refractivity contribution in [3.05, 3.63) is 28.8 Å². The van der Waals surface area contributed by atoms with Crippen molar-refractivity contribution in [2.45, 2.75) is 25.8 Å². The molecule has 0 radical (unpaired) electrons. The van der Waals surface area contributed by atoms with Crippen molar-refractivity contribution >= 4 is 23.3 Å². The van der Waals surface area contributed by atoms with Gasteiger partial charge in [0.1, 0.15) is 12.1 Å². The van der Waals surface area contributed by atoms with Crippen molar-refractivity contribution in [3.63, 3.8) is 0 Å². The van der Waals surface area contributed by atoms with E-state index in [4.69, 9.17) is 22.0 Å². The minimum absolute atomic E-state index is 0.318. The van der Waals surface area contributed by atoms with E-state index >= 15 is 0 Å². The molecule has 0 heterocycles. The van der Waals surface area contributed by atoms with Crippen LogP contribution in [0.5, 0.6) is 0 Å². The number of benzene rings is 1. The zero-order valence-electron chi connectivity index (χ0n) is 9.40. The lowest BCUT2D eigenvalue weighted by molar-refractivity contribution is -0.138. The average molecular weight is 253 g/mol. The minimum Gasteiger partial charge on any atom is -0.480 e. The van der Waals surface area contributed by atoms with Gasteiger partial charge in [-0.05, 0) is 24.6 Å². The molecule has 1 unspecified atom stereocenters. The van der Waals surface area contributed by atoms with Gasteiger partial charge in [0.15, 0.2) is 0 Å². The Morgan fingerprint density at radius 2 is 2.35 bits per heavy atom. The summed E-state index contributed by atoms with van der Waals surface area (Å²) >= 11 is 5.86. The number of nitriles is 1. The number of nitrogens with zero attached hydrogens (tertiary/aromatic N) is 1. The van der Waals surface area contributed by atoms with Gasteiger partial charge in [-0.3, -0.25) is 0 Å². The van der Waals surface area contributed by atoms with Gasteiger partial charge in [-0.15, -0.1) is 0 Å². The van der Waals surface area contributed by atoms with Crippen LogP contribution in [-0.2, 0) is 4.79 Å². The second kappa shape index (κ2) is 6.12. The number of hydrogen-bond acceptors (Lipinski definition) is 3. The summed E-state index contributed by atoms with van der Waals surface area (Å²) in [6, 6.07) is 6.09. The summed E-state index contributed by atoms with van der Waals surface area (Å²) in [5.41, 5.74) is 0.981. The van der Waals surface area contributed by atoms with Gasteiger partial charge in [-0.25, -0.2) is 4.79 Å². The zero-order valence-corrected chi connectivity index (χ0v) is 10.2. The Hall–Kier alpha value is -1.73. The number of halogens is 1. The predicted molar refractivity (Wildman–Crippen MR) is 66.1 cm³/mol. The topological polar surface area (TPSA) is 73.1 Å². The fraction of sp³-hybridized carbons (Fsp3) is 0.333. The Balaban J connectivity index is 2.84. The standard InChI is InChI=1S/C12H13ClN2O2/c1-2-3-11(12(16)17)15-9-5-4-8(7-14)10(13)6-9/h4-6,11,15H,2-3H2,1H3,(H,16,17). The van der Waals surface area contributed by atoms with Gasteiger partial charge in [0.2, 0.25) is 0 Å². The van der Waals surface area contributed by atoms with E-state index in [1.165, 1.54) is 0 Å². The summed E-state index contributed by atoms with van der Waals surface area (Å²) in [5.74, 6) is -0.896. The van der Waals surface area contributed by atoms with Gasteiger partial charge >= 0.3 is 5.97 Å². The van der Waals surface area contributed by atoms with Crippen LogP contribution in [0.15, 0.2) is 18.2 Å². The zero-order chi connectivity index (χ0) is 12.8. The highest BCUT2D eigenvalue weighted by molar-refractivity contribution is 6.32. The second-order valence-corrected chi connectivity index (χ2v) is 4.04. The number of hydrogen-bond donors (Lipinski definition) is 2. The van der Waals surface area contributed by atoms with Crippen molar-refractivity contribution in [3.8, 4) is 6.07 Å². The van der Waals surface area contributed by atoms with Crippen LogP contribution in [0.1, 0.15) is 25.3 Å². The van der Waals surface area contributed by atoms with E-state index in [2.05, 4.69) is 5.32 Å². The monoisotopic (exact) mass is 252 g/mol. The van der Waals surface area contributed by atoms with Crippen LogP contribution in [0.3, 0.4) is 0 Å². The third-order valence-corrected chi connectivity index (χ3v) is 2.62. The summed E-state index contributed by atoms with van der Waals surface area (Å²) in [5, 5.41) is 20.9. The van der Waals surface area contributed by atoms with Crippen LogP contribution in [0, 0.1) is 11.3 Å². The Labute approximate surface area is 105 Å². The number of aliphatic carboxylic acids is 1. The predicted octanol–water partition coefficient (Wildman–Crippen LogP) is 2.88. The highest BCUT2D eigenvalue weighted by atomic mass is 35.5. The molecule has 0 fully saturated rings. The molecule has 0 spiro atoms. The average Bonchev–Trinajstić information content (AvgIpc) is 2.28. The van der Waals surface area contributed by atoms with Crippen molar-refractivity contribution in [2.24, 2.45) is 0 Å². The molecule has 1 rings (SSSR count). The molecule has 0 aromatic heterocycles. The maximum atomic E-state index is 11.0. The van der Waals surface area contributed by atoms with Crippen LogP contribution in [0.2, 0.25) is 5.02 Å². The molecule has 0 bridgehead atoms. The fourth-order valence-electron chi connectivity index (χ4n) is 1.44. The number of rotatable bonds is 5. The summed E-state index contributed by atoms with van der Waals surface area (Å²) in [7, 11) is 0. The van der Waals surface area contributed by atoms with Gasteiger partial charge in [-0.1, -0.05) is 24.9 Å². The number of nitrogens with one attached hydrogen (secondary N) is 1. The number of carboxylic acid groups (broad SMARTS) is 1. The third kappa shape index (κ3) is 3.65. The second-order valence-electron chi connectivity index (χ2n) is 3.63. The first-order chi connectivity index (χ1) is 8.08. The molecule has 1 aromatic rings. The van der Waals surface area contributed by atoms with Crippen LogP contribution >= 0.6 is 11.6 Å². The Bertz CT molecular complexity index is 454. The molecule has 4 nitrogen and oxygen atoms in total. The first-order valence-electron chi connectivity index (χ1n) is 5.27. The quantitative estimate of drug-likeness (QED) is 0.845. The van der Waals surface area contributed by atoms with Gasteiger partial charge in [-0.2, -0.15) is 5.26 Å². The molecule has 0 aliphatic rings. The molecule has 0 amide bonds. The van der Waals surface area contributed by atoms with Crippen LogP contribution in [-0.4, -0.2) is 17.1 Å². The number of carbonyl (C=O) groups is 1. The number of carboxylic acids is 1. The molecule has 5 heteroatoms. The smallest absolute Gasteiger partial charge is 0.326 e. The highest BCUT2D eigenvalue weighted by Crippen LogP contribution is 2.21. The van der Waals surface area contributed by atoms with E-state index in [0.29, 0.717) is 22.7 Å².